The van der Waals surface area contributed by atoms with Gasteiger partial charge >= 0.3 is 0 Å². The van der Waals surface area contributed by atoms with Crippen LogP contribution in [0.5, 0.6) is 0 Å². The first-order valence-electron chi connectivity index (χ1n) is 13.1. The van der Waals surface area contributed by atoms with Crippen molar-refractivity contribution in [2.45, 2.75) is 59.0 Å². The number of fused-ring (bicyclic) bond motifs is 3. The molecule has 0 spiro atoms. The van der Waals surface area contributed by atoms with Gasteiger partial charge in [-0.15, -0.1) is 0 Å². The molecular formula is C29H33FN6O. The maximum Gasteiger partial charge on any atom is 0.274 e. The van der Waals surface area contributed by atoms with Crippen molar-refractivity contribution in [1.82, 2.24) is 19.9 Å². The van der Waals surface area contributed by atoms with Gasteiger partial charge in [0.1, 0.15) is 23.7 Å². The molecule has 8 heteroatoms. The van der Waals surface area contributed by atoms with Gasteiger partial charge in [0, 0.05) is 36.0 Å². The van der Waals surface area contributed by atoms with Crippen LogP contribution in [0.3, 0.4) is 0 Å². The lowest BCUT2D eigenvalue weighted by Crippen LogP contribution is -2.41. The number of halogens is 1. The quantitative estimate of drug-likeness (QED) is 0.550. The zero-order chi connectivity index (χ0) is 25.9. The van der Waals surface area contributed by atoms with Gasteiger partial charge in [0.2, 0.25) is 0 Å². The minimum absolute atomic E-state index is 0.0901. The maximum atomic E-state index is 15.1. The Hall–Kier alpha value is -3.52. The highest BCUT2D eigenvalue weighted by Crippen LogP contribution is 2.41. The molecule has 192 valence electrons. The Balaban J connectivity index is 1.38. The summed E-state index contributed by atoms with van der Waals surface area (Å²) in [6.45, 7) is 8.62. The molecule has 2 aliphatic heterocycles. The molecule has 1 fully saturated rings. The number of benzene rings is 1. The van der Waals surface area contributed by atoms with Crippen molar-refractivity contribution < 1.29 is 9.18 Å². The number of carbonyl (C=O) groups is 1. The normalized spacial score (nSPS) is 20.6. The molecule has 4 heterocycles. The summed E-state index contributed by atoms with van der Waals surface area (Å²) in [4.78, 5) is 24.1. The Labute approximate surface area is 216 Å². The van der Waals surface area contributed by atoms with Gasteiger partial charge in [-0.1, -0.05) is 26.0 Å². The van der Waals surface area contributed by atoms with Crippen LogP contribution in [0, 0.1) is 18.2 Å². The summed E-state index contributed by atoms with van der Waals surface area (Å²) in [6, 6.07) is 5.24. The van der Waals surface area contributed by atoms with E-state index in [0.29, 0.717) is 47.1 Å². The van der Waals surface area contributed by atoms with Gasteiger partial charge in [0.05, 0.1) is 11.4 Å². The number of nitrogens with zero attached hydrogens (tertiary/aromatic N) is 4. The Morgan fingerprint density at radius 3 is 2.81 bits per heavy atom. The summed E-state index contributed by atoms with van der Waals surface area (Å²) in [6.07, 6.45) is 9.54. The number of amides is 1. The van der Waals surface area contributed by atoms with Gasteiger partial charge in [0.15, 0.2) is 0 Å². The molecule has 3 aliphatic rings. The lowest BCUT2D eigenvalue weighted by molar-refractivity contribution is 0.0964. The zero-order valence-corrected chi connectivity index (χ0v) is 21.6. The van der Waals surface area contributed by atoms with E-state index < -0.39 is 5.82 Å². The molecule has 37 heavy (non-hydrogen) atoms. The topological polar surface area (TPSA) is 89.1 Å². The largest absolute Gasteiger partial charge is 0.383 e. The fraction of sp³-hybridized carbons (Fsp3) is 0.414. The molecule has 3 N–H and O–H groups in total. The van der Waals surface area contributed by atoms with E-state index in [-0.39, 0.29) is 17.4 Å². The molecule has 2 aromatic heterocycles. The lowest BCUT2D eigenvalue weighted by Gasteiger charge is -2.31. The third kappa shape index (κ3) is 4.13. The van der Waals surface area contributed by atoms with E-state index in [0.717, 1.165) is 37.8 Å². The number of aromatic nitrogens is 3. The fourth-order valence-electron chi connectivity index (χ4n) is 6.21. The molecule has 7 nitrogen and oxygen atoms in total. The highest BCUT2D eigenvalue weighted by Gasteiger charge is 2.37. The Morgan fingerprint density at radius 2 is 2.03 bits per heavy atom. The Morgan fingerprint density at radius 1 is 1.19 bits per heavy atom. The van der Waals surface area contributed by atoms with Gasteiger partial charge in [-0.25, -0.2) is 14.4 Å². The number of nitrogen functional groups attached to an aromatic ring is 1. The van der Waals surface area contributed by atoms with Gasteiger partial charge < -0.3 is 20.5 Å². The molecule has 3 aromatic rings. The van der Waals surface area contributed by atoms with E-state index >= 15 is 4.39 Å². The minimum Gasteiger partial charge on any atom is -0.383 e. The fourth-order valence-corrected chi connectivity index (χ4v) is 6.21. The van der Waals surface area contributed by atoms with Crippen LogP contribution in [0.4, 0.5) is 15.9 Å². The van der Waals surface area contributed by atoms with Gasteiger partial charge in [-0.2, -0.15) is 0 Å². The van der Waals surface area contributed by atoms with Crippen molar-refractivity contribution in [2.75, 3.05) is 23.7 Å². The highest BCUT2D eigenvalue weighted by atomic mass is 19.1. The van der Waals surface area contributed by atoms with Gasteiger partial charge in [0.25, 0.3) is 5.91 Å². The molecule has 1 saturated heterocycles. The van der Waals surface area contributed by atoms with Crippen molar-refractivity contribution in [3.8, 4) is 11.3 Å². The molecule has 0 saturated carbocycles. The number of nitrogens with two attached hydrogens (primary N) is 1. The smallest absolute Gasteiger partial charge is 0.274 e. The standard InChI is InChI=1S/C29H33FN6O/c1-17-22(26-21(27(31)34-16-33-26)7-6-20-5-4-8-32-20)12-19(30)13-23(17)36-10-9-35-24(28(36)37)11-18-14-29(2,3)15-25(18)35/h6-7,11-13,16,20,32H,4-5,8-10,14-15H2,1-3H3,(H2,31,33,34)/t20-/m0/s1. The summed E-state index contributed by atoms with van der Waals surface area (Å²) >= 11 is 0. The molecule has 0 bridgehead atoms. The van der Waals surface area contributed by atoms with E-state index in [1.54, 1.807) is 4.90 Å². The lowest BCUT2D eigenvalue weighted by atomic mass is 9.90. The van der Waals surface area contributed by atoms with Crippen molar-refractivity contribution in [2.24, 2.45) is 5.41 Å². The van der Waals surface area contributed by atoms with Crippen molar-refractivity contribution in [1.29, 1.82) is 0 Å². The third-order valence-corrected chi connectivity index (χ3v) is 8.02. The Bertz CT molecular complexity index is 1430. The van der Waals surface area contributed by atoms with E-state index in [2.05, 4.69) is 39.8 Å². The Kier molecular flexibility index (Phi) is 5.67. The summed E-state index contributed by atoms with van der Waals surface area (Å²) in [5.74, 6) is -0.167. The minimum atomic E-state index is -0.418. The average Bonchev–Trinajstić information content (AvgIpc) is 3.55. The van der Waals surface area contributed by atoms with E-state index in [4.69, 9.17) is 5.73 Å². The van der Waals surface area contributed by atoms with E-state index in [1.165, 1.54) is 29.7 Å². The van der Waals surface area contributed by atoms with Crippen molar-refractivity contribution >= 4 is 23.5 Å². The highest BCUT2D eigenvalue weighted by molar-refractivity contribution is 6.07. The first kappa shape index (κ1) is 23.9. The molecular weight excluding hydrogens is 467 g/mol. The molecule has 1 aromatic carbocycles. The summed E-state index contributed by atoms with van der Waals surface area (Å²) in [5.41, 5.74) is 12.9. The molecule has 1 amide bonds. The molecule has 0 unspecified atom stereocenters. The second-order valence-corrected chi connectivity index (χ2v) is 11.3. The molecule has 6 rings (SSSR count). The van der Waals surface area contributed by atoms with Crippen LogP contribution in [0.15, 0.2) is 30.6 Å². The predicted octanol–water partition coefficient (Wildman–Crippen LogP) is 4.53. The average molecular weight is 501 g/mol. The monoisotopic (exact) mass is 500 g/mol. The molecule has 1 aliphatic carbocycles. The third-order valence-electron chi connectivity index (χ3n) is 8.02. The first-order chi connectivity index (χ1) is 17.7. The van der Waals surface area contributed by atoms with E-state index in [9.17, 15) is 4.79 Å². The van der Waals surface area contributed by atoms with Crippen LogP contribution in [0.2, 0.25) is 0 Å². The van der Waals surface area contributed by atoms with E-state index in [1.807, 2.05) is 19.1 Å². The molecule has 0 radical (unpaired) electrons. The first-order valence-corrected chi connectivity index (χ1v) is 13.1. The summed E-state index contributed by atoms with van der Waals surface area (Å²) < 4.78 is 17.3. The van der Waals surface area contributed by atoms with Crippen molar-refractivity contribution in [3.05, 3.63) is 64.5 Å². The van der Waals surface area contributed by atoms with Gasteiger partial charge in [-0.05, 0) is 73.9 Å². The number of hydrogen-bond donors (Lipinski definition) is 2. The SMILES string of the molecule is Cc1c(-c2ncnc(N)c2C=C[C@@H]2CCCN2)cc(F)cc1N1CCn2c(cc3c2CC(C)(C)C3)C1=O. The maximum absolute atomic E-state index is 15.1. The van der Waals surface area contributed by atoms with Crippen LogP contribution < -0.4 is 16.0 Å². The van der Waals surface area contributed by atoms with Crippen LogP contribution in [-0.4, -0.2) is 39.6 Å². The number of nitrogens with one attached hydrogen (secondary N) is 1. The number of anilines is 2. The summed E-state index contributed by atoms with van der Waals surface area (Å²) in [5, 5.41) is 3.43. The van der Waals surface area contributed by atoms with Gasteiger partial charge in [-0.3, -0.25) is 4.79 Å². The molecule has 1 atom stereocenters. The predicted molar refractivity (Wildman–Crippen MR) is 144 cm³/mol. The summed E-state index contributed by atoms with van der Waals surface area (Å²) in [7, 11) is 0. The second kappa shape index (κ2) is 8.80. The second-order valence-electron chi connectivity index (χ2n) is 11.3. The van der Waals surface area contributed by atoms with Crippen LogP contribution in [-0.2, 0) is 19.4 Å². The van der Waals surface area contributed by atoms with Crippen LogP contribution in [0.25, 0.3) is 17.3 Å². The van der Waals surface area contributed by atoms with Crippen LogP contribution in [0.1, 0.15) is 59.6 Å². The number of hydrogen-bond acceptors (Lipinski definition) is 5. The number of rotatable bonds is 4. The van der Waals surface area contributed by atoms with Crippen molar-refractivity contribution in [3.63, 3.8) is 0 Å². The van der Waals surface area contributed by atoms with Crippen LogP contribution >= 0.6 is 0 Å². The zero-order valence-electron chi connectivity index (χ0n) is 21.6. The number of carbonyl (C=O) groups excluding carboxylic acids is 1.